The molecule has 0 heterocycles. The SMILES string of the molecule is C=CC(OC(N)=O)C(C)C. The minimum absolute atomic E-state index is 0.227. The van der Waals surface area contributed by atoms with E-state index < -0.39 is 6.09 Å². The maximum Gasteiger partial charge on any atom is 0.405 e. The first-order chi connectivity index (χ1) is 4.57. The molecule has 10 heavy (non-hydrogen) atoms. The number of hydrogen-bond acceptors (Lipinski definition) is 2. The van der Waals surface area contributed by atoms with Gasteiger partial charge >= 0.3 is 6.09 Å². The lowest BCUT2D eigenvalue weighted by atomic mass is 10.1. The van der Waals surface area contributed by atoms with E-state index in [0.29, 0.717) is 0 Å². The van der Waals surface area contributed by atoms with Gasteiger partial charge in [0.05, 0.1) is 0 Å². The van der Waals surface area contributed by atoms with Crippen LogP contribution < -0.4 is 5.73 Å². The number of carbonyl (C=O) groups is 1. The van der Waals surface area contributed by atoms with Crippen molar-refractivity contribution in [2.45, 2.75) is 20.0 Å². The van der Waals surface area contributed by atoms with Crippen molar-refractivity contribution in [2.75, 3.05) is 0 Å². The zero-order valence-corrected chi connectivity index (χ0v) is 6.33. The lowest BCUT2D eigenvalue weighted by molar-refractivity contribution is 0.106. The molecule has 0 aromatic heterocycles. The molecular formula is C7H13NO2. The smallest absolute Gasteiger partial charge is 0.405 e. The van der Waals surface area contributed by atoms with Crippen LogP contribution >= 0.6 is 0 Å². The molecule has 0 aliphatic heterocycles. The van der Waals surface area contributed by atoms with E-state index in [-0.39, 0.29) is 12.0 Å². The van der Waals surface area contributed by atoms with Crippen molar-refractivity contribution < 1.29 is 9.53 Å². The molecule has 0 fully saturated rings. The fraction of sp³-hybridized carbons (Fsp3) is 0.571. The number of nitrogens with two attached hydrogens (primary N) is 1. The summed E-state index contributed by atoms with van der Waals surface area (Å²) in [6, 6.07) is 0. The van der Waals surface area contributed by atoms with Crippen molar-refractivity contribution in [2.24, 2.45) is 11.7 Å². The molecule has 2 N–H and O–H groups in total. The Hall–Kier alpha value is -0.990. The Balaban J connectivity index is 3.83. The predicted octanol–water partition coefficient (Wildman–Crippen LogP) is 1.29. The van der Waals surface area contributed by atoms with Crippen LogP contribution in [0, 0.1) is 5.92 Å². The van der Waals surface area contributed by atoms with Crippen LogP contribution in [0.4, 0.5) is 4.79 Å². The zero-order chi connectivity index (χ0) is 8.15. The van der Waals surface area contributed by atoms with Crippen LogP contribution in [-0.2, 0) is 4.74 Å². The van der Waals surface area contributed by atoms with Gasteiger partial charge in [-0.15, -0.1) is 0 Å². The van der Waals surface area contributed by atoms with E-state index in [0.717, 1.165) is 0 Å². The van der Waals surface area contributed by atoms with Crippen LogP contribution in [0.15, 0.2) is 12.7 Å². The lowest BCUT2D eigenvalue weighted by Gasteiger charge is -2.15. The summed E-state index contributed by atoms with van der Waals surface area (Å²) in [6.45, 7) is 7.35. The van der Waals surface area contributed by atoms with Gasteiger partial charge < -0.3 is 10.5 Å². The Labute approximate surface area is 60.9 Å². The van der Waals surface area contributed by atoms with E-state index in [2.05, 4.69) is 11.3 Å². The summed E-state index contributed by atoms with van der Waals surface area (Å²) in [6.07, 6.45) is 0.547. The van der Waals surface area contributed by atoms with E-state index in [9.17, 15) is 4.79 Å². The van der Waals surface area contributed by atoms with E-state index in [1.165, 1.54) is 0 Å². The third kappa shape index (κ3) is 3.12. The number of amides is 1. The van der Waals surface area contributed by atoms with Gasteiger partial charge in [-0.2, -0.15) is 0 Å². The van der Waals surface area contributed by atoms with E-state index >= 15 is 0 Å². The molecular weight excluding hydrogens is 130 g/mol. The average molecular weight is 143 g/mol. The highest BCUT2D eigenvalue weighted by molar-refractivity contribution is 5.65. The van der Waals surface area contributed by atoms with Crippen molar-refractivity contribution in [1.82, 2.24) is 0 Å². The first-order valence-corrected chi connectivity index (χ1v) is 3.16. The summed E-state index contributed by atoms with van der Waals surface area (Å²) in [7, 11) is 0. The Morgan fingerprint density at radius 3 is 2.30 bits per heavy atom. The van der Waals surface area contributed by atoms with Gasteiger partial charge in [-0.25, -0.2) is 4.79 Å². The second-order valence-electron chi connectivity index (χ2n) is 2.38. The molecule has 0 saturated carbocycles. The van der Waals surface area contributed by atoms with Crippen LogP contribution in [-0.4, -0.2) is 12.2 Å². The molecule has 1 unspecified atom stereocenters. The summed E-state index contributed by atoms with van der Waals surface area (Å²) < 4.78 is 4.68. The average Bonchev–Trinajstić information content (AvgIpc) is 1.81. The minimum Gasteiger partial charge on any atom is -0.442 e. The van der Waals surface area contributed by atoms with Crippen LogP contribution in [0.25, 0.3) is 0 Å². The molecule has 0 saturated heterocycles. The van der Waals surface area contributed by atoms with Crippen molar-refractivity contribution in [3.05, 3.63) is 12.7 Å². The Bertz CT molecular complexity index is 132. The number of rotatable bonds is 3. The largest absolute Gasteiger partial charge is 0.442 e. The van der Waals surface area contributed by atoms with Gasteiger partial charge in [-0.3, -0.25) is 0 Å². The third-order valence-electron chi connectivity index (χ3n) is 1.14. The summed E-state index contributed by atoms with van der Waals surface area (Å²) in [5, 5.41) is 0. The molecule has 0 spiro atoms. The first-order valence-electron chi connectivity index (χ1n) is 3.16. The van der Waals surface area contributed by atoms with Gasteiger partial charge in [-0.05, 0) is 5.92 Å². The highest BCUT2D eigenvalue weighted by Crippen LogP contribution is 2.06. The number of hydrogen-bond donors (Lipinski definition) is 1. The molecule has 3 heteroatoms. The lowest BCUT2D eigenvalue weighted by Crippen LogP contribution is -2.24. The van der Waals surface area contributed by atoms with Gasteiger partial charge in [-0.1, -0.05) is 26.5 Å². The summed E-state index contributed by atoms with van der Waals surface area (Å²) >= 11 is 0. The molecule has 0 bridgehead atoms. The molecule has 0 aromatic rings. The second kappa shape index (κ2) is 3.93. The molecule has 0 aliphatic carbocycles. The highest BCUT2D eigenvalue weighted by Gasteiger charge is 2.11. The van der Waals surface area contributed by atoms with Crippen molar-refractivity contribution in [1.29, 1.82) is 0 Å². The molecule has 0 aliphatic rings. The standard InChI is InChI=1S/C7H13NO2/c1-4-6(5(2)3)10-7(8)9/h4-6H,1H2,2-3H3,(H2,8,9). The molecule has 1 atom stereocenters. The summed E-state index contributed by atoms with van der Waals surface area (Å²) in [5.74, 6) is 0.227. The molecule has 0 aromatic carbocycles. The zero-order valence-electron chi connectivity index (χ0n) is 6.33. The van der Waals surface area contributed by atoms with Crippen LogP contribution in [0.3, 0.4) is 0 Å². The molecule has 0 rings (SSSR count). The normalized spacial score (nSPS) is 12.7. The highest BCUT2D eigenvalue weighted by atomic mass is 16.6. The van der Waals surface area contributed by atoms with Crippen molar-refractivity contribution >= 4 is 6.09 Å². The first kappa shape index (κ1) is 9.01. The molecule has 58 valence electrons. The maximum atomic E-state index is 10.2. The van der Waals surface area contributed by atoms with E-state index in [4.69, 9.17) is 5.73 Å². The Morgan fingerprint density at radius 1 is 1.70 bits per heavy atom. The van der Waals surface area contributed by atoms with Crippen molar-refractivity contribution in [3.63, 3.8) is 0 Å². The van der Waals surface area contributed by atoms with Gasteiger partial charge in [0, 0.05) is 0 Å². The fourth-order valence-electron chi connectivity index (χ4n) is 0.590. The number of carbonyl (C=O) groups excluding carboxylic acids is 1. The quantitative estimate of drug-likeness (QED) is 0.605. The van der Waals surface area contributed by atoms with E-state index in [1.54, 1.807) is 6.08 Å². The number of ether oxygens (including phenoxy) is 1. The molecule has 1 amide bonds. The maximum absolute atomic E-state index is 10.2. The predicted molar refractivity (Wildman–Crippen MR) is 39.5 cm³/mol. The fourth-order valence-corrected chi connectivity index (χ4v) is 0.590. The van der Waals surface area contributed by atoms with Gasteiger partial charge in [0.1, 0.15) is 6.10 Å². The summed E-state index contributed by atoms with van der Waals surface area (Å²) in [4.78, 5) is 10.2. The van der Waals surface area contributed by atoms with E-state index in [1.807, 2.05) is 13.8 Å². The summed E-state index contributed by atoms with van der Waals surface area (Å²) in [5.41, 5.74) is 4.80. The topological polar surface area (TPSA) is 52.3 Å². The minimum atomic E-state index is -0.751. The van der Waals surface area contributed by atoms with Crippen molar-refractivity contribution in [3.8, 4) is 0 Å². The van der Waals surface area contributed by atoms with Crippen LogP contribution in [0.5, 0.6) is 0 Å². The molecule has 3 nitrogen and oxygen atoms in total. The van der Waals surface area contributed by atoms with Gasteiger partial charge in [0.15, 0.2) is 0 Å². The third-order valence-corrected chi connectivity index (χ3v) is 1.14. The Kier molecular flexibility index (Phi) is 3.54. The Morgan fingerprint density at radius 2 is 2.20 bits per heavy atom. The van der Waals surface area contributed by atoms with Gasteiger partial charge in [0.2, 0.25) is 0 Å². The van der Waals surface area contributed by atoms with Crippen LogP contribution in [0.1, 0.15) is 13.8 Å². The molecule has 0 radical (unpaired) electrons. The van der Waals surface area contributed by atoms with Gasteiger partial charge in [0.25, 0.3) is 0 Å². The monoisotopic (exact) mass is 143 g/mol. The number of primary amides is 1. The van der Waals surface area contributed by atoms with Crippen LogP contribution in [0.2, 0.25) is 0 Å². The second-order valence-corrected chi connectivity index (χ2v) is 2.38.